The first-order chi connectivity index (χ1) is 13.6. The number of para-hydroxylation sites is 4. The Bertz CT molecular complexity index is 992. The van der Waals surface area contributed by atoms with Crippen LogP contribution in [0.3, 0.4) is 0 Å². The number of hydrogen-bond acceptors (Lipinski definition) is 3. The van der Waals surface area contributed by atoms with Gasteiger partial charge in [-0.15, -0.1) is 0 Å². The minimum Gasteiger partial charge on any atom is -0.492 e. The molecule has 1 fully saturated rings. The molecule has 1 amide bonds. The lowest BCUT2D eigenvalue weighted by molar-refractivity contribution is -0.117. The number of benzene rings is 2. The van der Waals surface area contributed by atoms with E-state index in [0.717, 1.165) is 34.8 Å². The molecule has 3 aromatic rings. The van der Waals surface area contributed by atoms with Crippen molar-refractivity contribution in [3.8, 4) is 5.75 Å². The van der Waals surface area contributed by atoms with Gasteiger partial charge in [0.05, 0.1) is 23.3 Å². The summed E-state index contributed by atoms with van der Waals surface area (Å²) >= 11 is 0. The minimum absolute atomic E-state index is 0.0772. The predicted octanol–water partition coefficient (Wildman–Crippen LogP) is 4.61. The Labute approximate surface area is 165 Å². The summed E-state index contributed by atoms with van der Waals surface area (Å²) in [6.07, 6.45) is 0.474. The molecule has 2 aromatic carbocycles. The monoisotopic (exact) mass is 377 g/mol. The van der Waals surface area contributed by atoms with Crippen molar-refractivity contribution in [3.05, 3.63) is 54.4 Å². The van der Waals surface area contributed by atoms with Crippen molar-refractivity contribution in [2.24, 2.45) is 5.92 Å². The van der Waals surface area contributed by atoms with Crippen LogP contribution in [0.4, 0.5) is 5.69 Å². The molecule has 0 N–H and O–H groups in total. The largest absolute Gasteiger partial charge is 0.492 e. The third kappa shape index (κ3) is 3.37. The maximum absolute atomic E-state index is 12.9. The van der Waals surface area contributed by atoms with Gasteiger partial charge in [0.25, 0.3) is 0 Å². The van der Waals surface area contributed by atoms with E-state index in [2.05, 4.69) is 36.6 Å². The average molecular weight is 377 g/mol. The molecule has 5 nitrogen and oxygen atoms in total. The number of carbonyl (C=O) groups is 1. The van der Waals surface area contributed by atoms with E-state index in [4.69, 9.17) is 9.72 Å². The fourth-order valence-corrected chi connectivity index (χ4v) is 4.03. The second-order valence-electron chi connectivity index (χ2n) is 7.77. The Balaban J connectivity index is 1.70. The molecule has 0 radical (unpaired) electrons. The summed E-state index contributed by atoms with van der Waals surface area (Å²) in [5.74, 6) is 2.48. The van der Waals surface area contributed by atoms with Gasteiger partial charge < -0.3 is 14.2 Å². The number of imidazole rings is 1. The molecule has 1 aliphatic rings. The highest BCUT2D eigenvalue weighted by atomic mass is 16.5. The van der Waals surface area contributed by atoms with E-state index in [-0.39, 0.29) is 11.8 Å². The second kappa shape index (κ2) is 7.66. The Kier molecular flexibility index (Phi) is 5.07. The molecule has 1 aliphatic heterocycles. The molecule has 0 bridgehead atoms. The Hall–Kier alpha value is -2.82. The third-order valence-corrected chi connectivity index (χ3v) is 5.18. The van der Waals surface area contributed by atoms with E-state index in [0.29, 0.717) is 25.5 Å². The van der Waals surface area contributed by atoms with Crippen molar-refractivity contribution in [3.63, 3.8) is 0 Å². The fraction of sp³-hybridized carbons (Fsp3) is 0.391. The number of anilines is 1. The summed E-state index contributed by atoms with van der Waals surface area (Å²) in [4.78, 5) is 19.7. The molecule has 28 heavy (non-hydrogen) atoms. The minimum atomic E-state index is 0.0772. The van der Waals surface area contributed by atoms with Gasteiger partial charge in [-0.2, -0.15) is 0 Å². The number of aromatic nitrogens is 2. The summed E-state index contributed by atoms with van der Waals surface area (Å²) in [6.45, 7) is 8.48. The Morgan fingerprint density at radius 3 is 2.68 bits per heavy atom. The molecule has 1 atom stereocenters. The highest BCUT2D eigenvalue weighted by Gasteiger charge is 2.36. The van der Waals surface area contributed by atoms with E-state index < -0.39 is 0 Å². The van der Waals surface area contributed by atoms with Gasteiger partial charge in [0, 0.05) is 25.4 Å². The van der Waals surface area contributed by atoms with Crippen molar-refractivity contribution in [2.75, 3.05) is 18.1 Å². The SMILES string of the molecule is CCOc1ccccc1N1C[C@@H](c2nc3ccccc3n2CC(C)C)CC1=O. The van der Waals surface area contributed by atoms with Crippen molar-refractivity contribution in [1.29, 1.82) is 0 Å². The number of rotatable bonds is 6. The molecule has 146 valence electrons. The molecular formula is C23H27N3O2. The Morgan fingerprint density at radius 2 is 1.89 bits per heavy atom. The smallest absolute Gasteiger partial charge is 0.227 e. The molecule has 1 saturated heterocycles. The number of nitrogens with zero attached hydrogens (tertiary/aromatic N) is 3. The van der Waals surface area contributed by atoms with Gasteiger partial charge in [-0.1, -0.05) is 38.1 Å². The molecule has 0 spiro atoms. The topological polar surface area (TPSA) is 47.4 Å². The maximum Gasteiger partial charge on any atom is 0.227 e. The second-order valence-corrected chi connectivity index (χ2v) is 7.77. The lowest BCUT2D eigenvalue weighted by atomic mass is 10.1. The van der Waals surface area contributed by atoms with Crippen molar-refractivity contribution >= 4 is 22.6 Å². The van der Waals surface area contributed by atoms with Crippen LogP contribution in [0, 0.1) is 5.92 Å². The zero-order valence-corrected chi connectivity index (χ0v) is 16.8. The molecule has 4 rings (SSSR count). The van der Waals surface area contributed by atoms with Crippen LogP contribution in [-0.4, -0.2) is 28.6 Å². The number of fused-ring (bicyclic) bond motifs is 1. The standard InChI is InChI=1S/C23H27N3O2/c1-4-28-21-12-8-7-11-20(21)25-15-17(13-22(25)27)23-24-18-9-5-6-10-19(18)26(23)14-16(2)3/h5-12,16-17H,4,13-15H2,1-3H3/t17-/m0/s1. The summed E-state index contributed by atoms with van der Waals surface area (Å²) < 4.78 is 8.05. The highest BCUT2D eigenvalue weighted by Crippen LogP contribution is 2.37. The molecule has 0 unspecified atom stereocenters. The van der Waals surface area contributed by atoms with Gasteiger partial charge in [0.2, 0.25) is 5.91 Å². The van der Waals surface area contributed by atoms with Crippen LogP contribution in [0.1, 0.15) is 38.9 Å². The molecule has 2 heterocycles. The van der Waals surface area contributed by atoms with Gasteiger partial charge in [-0.05, 0) is 37.1 Å². The van der Waals surface area contributed by atoms with E-state index in [1.165, 1.54) is 0 Å². The van der Waals surface area contributed by atoms with Gasteiger partial charge in [0.1, 0.15) is 11.6 Å². The first-order valence-electron chi connectivity index (χ1n) is 10.1. The van der Waals surface area contributed by atoms with Gasteiger partial charge in [-0.3, -0.25) is 4.79 Å². The quantitative estimate of drug-likeness (QED) is 0.630. The summed E-state index contributed by atoms with van der Waals surface area (Å²) in [5, 5.41) is 0. The highest BCUT2D eigenvalue weighted by molar-refractivity contribution is 5.97. The average Bonchev–Trinajstić information content (AvgIpc) is 3.23. The maximum atomic E-state index is 12.9. The number of ether oxygens (including phenoxy) is 1. The molecule has 0 aliphatic carbocycles. The predicted molar refractivity (Wildman–Crippen MR) is 112 cm³/mol. The van der Waals surface area contributed by atoms with Crippen LogP contribution in [0.5, 0.6) is 5.75 Å². The summed E-state index contributed by atoms with van der Waals surface area (Å²) in [7, 11) is 0. The van der Waals surface area contributed by atoms with Crippen molar-refractivity contribution < 1.29 is 9.53 Å². The number of carbonyl (C=O) groups excluding carboxylic acids is 1. The van der Waals surface area contributed by atoms with Crippen LogP contribution in [0.15, 0.2) is 48.5 Å². The van der Waals surface area contributed by atoms with Gasteiger partial charge in [-0.25, -0.2) is 4.98 Å². The number of amides is 1. The van der Waals surface area contributed by atoms with E-state index >= 15 is 0 Å². The Morgan fingerprint density at radius 1 is 1.14 bits per heavy atom. The lowest BCUT2D eigenvalue weighted by Crippen LogP contribution is -2.25. The van der Waals surface area contributed by atoms with Crippen LogP contribution in [0.25, 0.3) is 11.0 Å². The van der Waals surface area contributed by atoms with Crippen LogP contribution < -0.4 is 9.64 Å². The van der Waals surface area contributed by atoms with Crippen LogP contribution in [-0.2, 0) is 11.3 Å². The first-order valence-corrected chi connectivity index (χ1v) is 10.1. The summed E-state index contributed by atoms with van der Waals surface area (Å²) in [6, 6.07) is 16.0. The summed E-state index contributed by atoms with van der Waals surface area (Å²) in [5.41, 5.74) is 2.99. The number of hydrogen-bond donors (Lipinski definition) is 0. The molecular weight excluding hydrogens is 350 g/mol. The van der Waals surface area contributed by atoms with E-state index in [1.54, 1.807) is 0 Å². The van der Waals surface area contributed by atoms with Crippen LogP contribution >= 0.6 is 0 Å². The van der Waals surface area contributed by atoms with E-state index in [9.17, 15) is 4.79 Å². The normalized spacial score (nSPS) is 17.1. The fourth-order valence-electron chi connectivity index (χ4n) is 4.03. The van der Waals surface area contributed by atoms with Crippen LogP contribution in [0.2, 0.25) is 0 Å². The molecule has 1 aromatic heterocycles. The molecule has 5 heteroatoms. The van der Waals surface area contributed by atoms with Crippen molar-refractivity contribution in [1.82, 2.24) is 9.55 Å². The molecule has 0 saturated carbocycles. The van der Waals surface area contributed by atoms with Crippen molar-refractivity contribution in [2.45, 2.75) is 39.7 Å². The van der Waals surface area contributed by atoms with Gasteiger partial charge >= 0.3 is 0 Å². The third-order valence-electron chi connectivity index (χ3n) is 5.18. The first kappa shape index (κ1) is 18.5. The zero-order chi connectivity index (χ0) is 19.7. The lowest BCUT2D eigenvalue weighted by Gasteiger charge is -2.20. The zero-order valence-electron chi connectivity index (χ0n) is 16.8. The van der Waals surface area contributed by atoms with E-state index in [1.807, 2.05) is 42.2 Å². The van der Waals surface area contributed by atoms with Gasteiger partial charge in [0.15, 0.2) is 0 Å².